The molecule has 0 aromatic heterocycles. The van der Waals surface area contributed by atoms with Crippen molar-refractivity contribution in [1.82, 2.24) is 0 Å². The minimum atomic E-state index is -4.64. The van der Waals surface area contributed by atoms with Gasteiger partial charge in [0.25, 0.3) is 0 Å². The van der Waals surface area contributed by atoms with E-state index in [1.807, 2.05) is 0 Å². The Balaban J connectivity index is -0.0000000178. The van der Waals surface area contributed by atoms with Gasteiger partial charge in [-0.2, -0.15) is 0 Å². The van der Waals surface area contributed by atoms with Crippen LogP contribution in [0.5, 0.6) is 0 Å². The molecule has 0 fully saturated rings. The van der Waals surface area contributed by atoms with Crippen LogP contribution < -0.4 is 59.1 Å². The molecular formula is H8Na2O8P2. The Bertz CT molecular complexity index is 136. The summed E-state index contributed by atoms with van der Waals surface area (Å²) in [6, 6.07) is 0. The normalized spacial score (nSPS) is 9.83. The Labute approximate surface area is 115 Å². The van der Waals surface area contributed by atoms with Gasteiger partial charge in [-0.1, -0.05) is 0 Å². The van der Waals surface area contributed by atoms with E-state index >= 15 is 0 Å². The predicted octanol–water partition coefficient (Wildman–Crippen LogP) is -7.62. The summed E-state index contributed by atoms with van der Waals surface area (Å²) < 4.78 is 17.8. The molecule has 0 aliphatic rings. The Kier molecular flexibility index (Phi) is 19.4. The second-order valence-electron chi connectivity index (χ2n) is 1.03. The summed E-state index contributed by atoms with van der Waals surface area (Å²) in [6.45, 7) is 0. The fraction of sp³-hybridized carbons (Fsp3) is 0. The molecule has 0 unspecified atom stereocenters. The Morgan fingerprint density at radius 1 is 0.667 bits per heavy atom. The topological polar surface area (TPSA) is 156 Å². The molecule has 68 valence electrons. The minimum absolute atomic E-state index is 0. The van der Waals surface area contributed by atoms with Crippen molar-refractivity contribution in [2.24, 2.45) is 0 Å². The van der Waals surface area contributed by atoms with Crippen LogP contribution in [0, 0.1) is 0 Å². The van der Waals surface area contributed by atoms with E-state index in [4.69, 9.17) is 38.5 Å². The molecule has 6 N–H and O–H groups in total. The zero-order valence-corrected chi connectivity index (χ0v) is 12.2. The van der Waals surface area contributed by atoms with Crippen molar-refractivity contribution in [1.29, 1.82) is 0 Å². The van der Waals surface area contributed by atoms with Gasteiger partial charge in [-0.3, -0.25) is 0 Å². The average Bonchev–Trinajstić information content (AvgIpc) is 1.12. The van der Waals surface area contributed by atoms with Gasteiger partial charge in [0, 0.05) is 0 Å². The summed E-state index contributed by atoms with van der Waals surface area (Å²) in [5.74, 6) is 0. The molecule has 0 saturated heterocycles. The van der Waals surface area contributed by atoms with Crippen molar-refractivity contribution in [3.8, 4) is 0 Å². The van der Waals surface area contributed by atoms with Crippen molar-refractivity contribution < 1.29 is 100 Å². The van der Waals surface area contributed by atoms with Gasteiger partial charge < -0.3 is 32.2 Å². The van der Waals surface area contributed by atoms with Gasteiger partial charge in [-0.25, -0.2) is 9.13 Å². The zero-order valence-electron chi connectivity index (χ0n) is 8.39. The van der Waals surface area contributed by atoms with Crippen molar-refractivity contribution in [3.05, 3.63) is 0 Å². The summed E-state index contributed by atoms with van der Waals surface area (Å²) in [5.41, 5.74) is 0. The third-order valence-corrected chi connectivity index (χ3v) is 0. The van der Waals surface area contributed by atoms with Gasteiger partial charge in [0.15, 0.2) is 0 Å². The van der Waals surface area contributed by atoms with Gasteiger partial charge in [-0.15, -0.1) is 0 Å². The molecule has 0 spiro atoms. The van der Waals surface area contributed by atoms with Gasteiger partial charge in [0.1, 0.15) is 0 Å². The number of phosphoric acid groups is 2. The summed E-state index contributed by atoms with van der Waals surface area (Å²) >= 11 is 0. The predicted molar refractivity (Wildman–Crippen MR) is 30.7 cm³/mol. The zero-order chi connectivity index (χ0) is 9.00. The smallest absolute Gasteiger partial charge is 1.00 e. The summed E-state index contributed by atoms with van der Waals surface area (Å²) in [4.78, 5) is 43.1. The molecule has 12 heteroatoms. The van der Waals surface area contributed by atoms with Crippen LogP contribution in [-0.4, -0.2) is 29.4 Å². The standard InChI is InChI=1S/2Na.2H3O4P.2H/c;;2*1-5(2,3)4;;/h;;2*(H3,1,2,3,4);;/q2*+1;;;2*-1. The SMILES string of the molecule is O=P(O)(O)O.O=P(O)(O)O.[H-].[H-].[Na+].[Na+]. The van der Waals surface area contributed by atoms with Crippen LogP contribution in [-0.2, 0) is 9.13 Å². The molecule has 0 aromatic rings. The molecule has 0 bridgehead atoms. The first-order chi connectivity index (χ1) is 4.00. The third-order valence-electron chi connectivity index (χ3n) is 0. The fourth-order valence-corrected chi connectivity index (χ4v) is 0. The first kappa shape index (κ1) is 23.8. The first-order valence-corrected chi connectivity index (χ1v) is 4.70. The van der Waals surface area contributed by atoms with E-state index in [0.29, 0.717) is 0 Å². The number of hydrogen-bond donors (Lipinski definition) is 6. The molecular weight excluding hydrogens is 236 g/mol. The second kappa shape index (κ2) is 9.76. The van der Waals surface area contributed by atoms with Crippen LogP contribution >= 0.6 is 15.6 Å². The summed E-state index contributed by atoms with van der Waals surface area (Å²) in [7, 11) is -9.28. The quantitative estimate of drug-likeness (QED) is 0.181. The molecule has 0 aliphatic heterocycles. The van der Waals surface area contributed by atoms with E-state index in [-0.39, 0.29) is 62.0 Å². The van der Waals surface area contributed by atoms with Crippen molar-refractivity contribution in [2.75, 3.05) is 0 Å². The van der Waals surface area contributed by atoms with Crippen molar-refractivity contribution >= 4 is 15.6 Å². The summed E-state index contributed by atoms with van der Waals surface area (Å²) in [6.07, 6.45) is 0. The van der Waals surface area contributed by atoms with Crippen molar-refractivity contribution in [3.63, 3.8) is 0 Å². The molecule has 0 aromatic carbocycles. The molecule has 0 amide bonds. The van der Waals surface area contributed by atoms with Gasteiger partial charge in [0.2, 0.25) is 0 Å². The minimum Gasteiger partial charge on any atom is -1.00 e. The van der Waals surface area contributed by atoms with Crippen LogP contribution in [0.4, 0.5) is 0 Å². The van der Waals surface area contributed by atoms with Gasteiger partial charge >= 0.3 is 74.8 Å². The molecule has 0 saturated carbocycles. The Morgan fingerprint density at radius 3 is 0.667 bits per heavy atom. The maximum atomic E-state index is 8.88. The maximum Gasteiger partial charge on any atom is 1.00 e. The summed E-state index contributed by atoms with van der Waals surface area (Å²) in [5, 5.41) is 0. The van der Waals surface area contributed by atoms with E-state index in [1.54, 1.807) is 0 Å². The maximum absolute atomic E-state index is 8.88. The number of hydrogen-bond acceptors (Lipinski definition) is 2. The molecule has 12 heavy (non-hydrogen) atoms. The third kappa shape index (κ3) is 312. The van der Waals surface area contributed by atoms with E-state index in [2.05, 4.69) is 0 Å². The molecule has 0 rings (SSSR count). The van der Waals surface area contributed by atoms with Crippen LogP contribution in [0.15, 0.2) is 0 Å². The van der Waals surface area contributed by atoms with E-state index in [1.165, 1.54) is 0 Å². The first-order valence-electron chi connectivity index (χ1n) is 1.57. The van der Waals surface area contributed by atoms with Crippen LogP contribution in [0.3, 0.4) is 0 Å². The molecule has 0 heterocycles. The fourth-order valence-electron chi connectivity index (χ4n) is 0. The van der Waals surface area contributed by atoms with Crippen LogP contribution in [0.25, 0.3) is 0 Å². The van der Waals surface area contributed by atoms with E-state index < -0.39 is 15.6 Å². The molecule has 0 radical (unpaired) electrons. The monoisotopic (exact) mass is 244 g/mol. The molecule has 0 aliphatic carbocycles. The van der Waals surface area contributed by atoms with Gasteiger partial charge in [0.05, 0.1) is 0 Å². The molecule has 8 nitrogen and oxygen atoms in total. The second-order valence-corrected chi connectivity index (χ2v) is 3.08. The average molecular weight is 244 g/mol. The van der Waals surface area contributed by atoms with E-state index in [0.717, 1.165) is 0 Å². The largest absolute Gasteiger partial charge is 1.00 e. The van der Waals surface area contributed by atoms with Crippen LogP contribution in [0.2, 0.25) is 0 Å². The molecule has 0 atom stereocenters. The van der Waals surface area contributed by atoms with Crippen molar-refractivity contribution in [2.45, 2.75) is 0 Å². The Morgan fingerprint density at radius 2 is 0.667 bits per heavy atom. The van der Waals surface area contributed by atoms with Crippen LogP contribution in [0.1, 0.15) is 2.85 Å². The van der Waals surface area contributed by atoms with E-state index in [9.17, 15) is 0 Å². The number of rotatable bonds is 0. The Hall–Kier alpha value is 2.22. The van der Waals surface area contributed by atoms with Gasteiger partial charge in [-0.05, 0) is 0 Å².